The standard InChI is InChI=1S/C8H15NO/c1-4-6-8(3)9(5-2)7-10/h7H,3-6H2,1-2H3. The van der Waals surface area contributed by atoms with Crippen molar-refractivity contribution in [3.63, 3.8) is 0 Å². The molecule has 0 spiro atoms. The molecule has 0 aliphatic rings. The van der Waals surface area contributed by atoms with E-state index in [-0.39, 0.29) is 0 Å². The Labute approximate surface area is 62.5 Å². The minimum Gasteiger partial charge on any atom is -0.320 e. The molecule has 0 bridgehead atoms. The van der Waals surface area contributed by atoms with Crippen LogP contribution in [0.2, 0.25) is 0 Å². The van der Waals surface area contributed by atoms with Crippen LogP contribution in [0.1, 0.15) is 26.7 Å². The predicted molar refractivity (Wildman–Crippen MR) is 42.5 cm³/mol. The largest absolute Gasteiger partial charge is 0.320 e. The lowest BCUT2D eigenvalue weighted by molar-refractivity contribution is -0.116. The van der Waals surface area contributed by atoms with E-state index in [1.165, 1.54) is 0 Å². The lowest BCUT2D eigenvalue weighted by atomic mass is 10.2. The van der Waals surface area contributed by atoms with Gasteiger partial charge in [0.25, 0.3) is 0 Å². The van der Waals surface area contributed by atoms with E-state index in [4.69, 9.17) is 0 Å². The van der Waals surface area contributed by atoms with Crippen LogP contribution in [0, 0.1) is 0 Å². The third-order valence-corrected chi connectivity index (χ3v) is 1.41. The van der Waals surface area contributed by atoms with Crippen LogP contribution in [0.25, 0.3) is 0 Å². The zero-order valence-corrected chi connectivity index (χ0v) is 6.76. The molecule has 0 radical (unpaired) electrons. The van der Waals surface area contributed by atoms with Crippen LogP contribution in [0.4, 0.5) is 0 Å². The van der Waals surface area contributed by atoms with Gasteiger partial charge in [0, 0.05) is 12.2 Å². The molecule has 0 saturated carbocycles. The molecule has 0 rings (SSSR count). The van der Waals surface area contributed by atoms with E-state index < -0.39 is 0 Å². The van der Waals surface area contributed by atoms with Gasteiger partial charge in [-0.1, -0.05) is 19.9 Å². The smallest absolute Gasteiger partial charge is 0.213 e. The summed E-state index contributed by atoms with van der Waals surface area (Å²) in [4.78, 5) is 11.9. The summed E-state index contributed by atoms with van der Waals surface area (Å²) in [5.74, 6) is 0. The maximum atomic E-state index is 10.3. The Bertz CT molecular complexity index is 120. The highest BCUT2D eigenvalue weighted by Crippen LogP contribution is 2.05. The first kappa shape index (κ1) is 9.21. The molecule has 0 aliphatic carbocycles. The summed E-state index contributed by atoms with van der Waals surface area (Å²) < 4.78 is 0. The van der Waals surface area contributed by atoms with E-state index in [0.717, 1.165) is 31.5 Å². The number of carbonyl (C=O) groups excluding carboxylic acids is 1. The zero-order chi connectivity index (χ0) is 7.98. The van der Waals surface area contributed by atoms with Crippen LogP contribution in [0.5, 0.6) is 0 Å². The molecule has 0 N–H and O–H groups in total. The molecule has 0 saturated heterocycles. The lowest BCUT2D eigenvalue weighted by Crippen LogP contribution is -2.19. The van der Waals surface area contributed by atoms with Gasteiger partial charge in [0.15, 0.2) is 0 Å². The number of amides is 1. The van der Waals surface area contributed by atoms with Crippen molar-refractivity contribution >= 4 is 6.41 Å². The molecule has 0 atom stereocenters. The molecule has 0 aromatic carbocycles. The second-order valence-corrected chi connectivity index (χ2v) is 2.21. The Morgan fingerprint density at radius 3 is 2.50 bits per heavy atom. The van der Waals surface area contributed by atoms with Gasteiger partial charge in [0.1, 0.15) is 0 Å². The van der Waals surface area contributed by atoms with Gasteiger partial charge in [-0.25, -0.2) is 0 Å². The fourth-order valence-electron chi connectivity index (χ4n) is 0.805. The highest BCUT2D eigenvalue weighted by Gasteiger charge is 2.00. The van der Waals surface area contributed by atoms with Crippen molar-refractivity contribution in [3.05, 3.63) is 12.3 Å². The van der Waals surface area contributed by atoms with Crippen LogP contribution in [0.15, 0.2) is 12.3 Å². The van der Waals surface area contributed by atoms with Crippen molar-refractivity contribution in [3.8, 4) is 0 Å². The molecule has 2 heteroatoms. The van der Waals surface area contributed by atoms with Gasteiger partial charge < -0.3 is 4.90 Å². The monoisotopic (exact) mass is 141 g/mol. The molecule has 0 aromatic rings. The average molecular weight is 141 g/mol. The van der Waals surface area contributed by atoms with E-state index in [0.29, 0.717) is 0 Å². The molecular weight excluding hydrogens is 126 g/mol. The van der Waals surface area contributed by atoms with Gasteiger partial charge >= 0.3 is 0 Å². The van der Waals surface area contributed by atoms with E-state index >= 15 is 0 Å². The fraction of sp³-hybridized carbons (Fsp3) is 0.625. The lowest BCUT2D eigenvalue weighted by Gasteiger charge is -2.16. The summed E-state index contributed by atoms with van der Waals surface area (Å²) in [5.41, 5.74) is 0.917. The summed E-state index contributed by atoms with van der Waals surface area (Å²) in [6, 6.07) is 0. The van der Waals surface area contributed by atoms with E-state index in [1.54, 1.807) is 4.90 Å². The molecule has 58 valence electrons. The van der Waals surface area contributed by atoms with Crippen LogP contribution in [-0.2, 0) is 4.79 Å². The van der Waals surface area contributed by atoms with Crippen molar-refractivity contribution in [1.29, 1.82) is 0 Å². The van der Waals surface area contributed by atoms with Crippen LogP contribution < -0.4 is 0 Å². The molecule has 0 unspecified atom stereocenters. The molecule has 1 amide bonds. The quantitative estimate of drug-likeness (QED) is 0.534. The Morgan fingerprint density at radius 1 is 1.60 bits per heavy atom. The number of carbonyl (C=O) groups is 1. The van der Waals surface area contributed by atoms with Gasteiger partial charge in [0.2, 0.25) is 6.41 Å². The summed E-state index contributed by atoms with van der Waals surface area (Å²) in [7, 11) is 0. The highest BCUT2D eigenvalue weighted by molar-refractivity contribution is 5.50. The third kappa shape index (κ3) is 2.67. The maximum absolute atomic E-state index is 10.3. The molecule has 0 fully saturated rings. The minimum absolute atomic E-state index is 0.725. The fourth-order valence-corrected chi connectivity index (χ4v) is 0.805. The molecule has 0 aromatic heterocycles. The predicted octanol–water partition coefficient (Wildman–Crippen LogP) is 1.78. The summed E-state index contributed by atoms with van der Waals surface area (Å²) in [6.07, 6.45) is 2.79. The second kappa shape index (κ2) is 5.03. The Kier molecular flexibility index (Phi) is 4.63. The van der Waals surface area contributed by atoms with Crippen LogP contribution in [0.3, 0.4) is 0 Å². The Hall–Kier alpha value is -0.790. The maximum Gasteiger partial charge on any atom is 0.213 e. The van der Waals surface area contributed by atoms with Crippen molar-refractivity contribution in [2.75, 3.05) is 6.54 Å². The normalized spacial score (nSPS) is 9.00. The topological polar surface area (TPSA) is 20.3 Å². The average Bonchev–Trinajstić information content (AvgIpc) is 1.91. The first-order valence-electron chi connectivity index (χ1n) is 3.66. The van der Waals surface area contributed by atoms with Crippen LogP contribution >= 0.6 is 0 Å². The molecule has 0 aliphatic heterocycles. The molecule has 0 heterocycles. The van der Waals surface area contributed by atoms with Gasteiger partial charge in [-0.3, -0.25) is 4.79 Å². The number of hydrogen-bond donors (Lipinski definition) is 0. The van der Waals surface area contributed by atoms with E-state index in [9.17, 15) is 4.79 Å². The van der Waals surface area contributed by atoms with Crippen molar-refractivity contribution < 1.29 is 4.79 Å². The number of rotatable bonds is 5. The van der Waals surface area contributed by atoms with Gasteiger partial charge in [-0.05, 0) is 13.3 Å². The number of hydrogen-bond acceptors (Lipinski definition) is 1. The Morgan fingerprint density at radius 2 is 2.20 bits per heavy atom. The molecular formula is C8H15NO. The van der Waals surface area contributed by atoms with Crippen molar-refractivity contribution in [2.24, 2.45) is 0 Å². The zero-order valence-electron chi connectivity index (χ0n) is 6.76. The van der Waals surface area contributed by atoms with Crippen molar-refractivity contribution in [1.82, 2.24) is 4.90 Å². The molecule has 10 heavy (non-hydrogen) atoms. The van der Waals surface area contributed by atoms with Gasteiger partial charge in [-0.15, -0.1) is 0 Å². The van der Waals surface area contributed by atoms with Crippen LogP contribution in [-0.4, -0.2) is 17.9 Å². The summed E-state index contributed by atoms with van der Waals surface area (Å²) in [6.45, 7) is 8.52. The molecule has 2 nitrogen and oxygen atoms in total. The van der Waals surface area contributed by atoms with E-state index in [1.807, 2.05) is 6.92 Å². The minimum atomic E-state index is 0.725. The number of nitrogens with zero attached hydrogens (tertiary/aromatic N) is 1. The van der Waals surface area contributed by atoms with Gasteiger partial charge in [-0.2, -0.15) is 0 Å². The second-order valence-electron chi connectivity index (χ2n) is 2.21. The van der Waals surface area contributed by atoms with Crippen molar-refractivity contribution in [2.45, 2.75) is 26.7 Å². The number of allylic oxidation sites excluding steroid dienone is 1. The van der Waals surface area contributed by atoms with E-state index in [2.05, 4.69) is 13.5 Å². The first-order valence-corrected chi connectivity index (χ1v) is 3.66. The Balaban J connectivity index is 3.76. The third-order valence-electron chi connectivity index (χ3n) is 1.41. The first-order chi connectivity index (χ1) is 4.76. The summed E-state index contributed by atoms with van der Waals surface area (Å²) in [5, 5.41) is 0. The SMILES string of the molecule is C=C(CCC)N(C=O)CC. The van der Waals surface area contributed by atoms with Gasteiger partial charge in [0.05, 0.1) is 0 Å². The highest BCUT2D eigenvalue weighted by atomic mass is 16.1. The summed E-state index contributed by atoms with van der Waals surface area (Å²) >= 11 is 0.